The summed E-state index contributed by atoms with van der Waals surface area (Å²) in [5, 5.41) is 8.92. The number of carbonyl (C=O) groups is 1. The molecular weight excluding hydrogens is 333 g/mol. The number of halogens is 1. The van der Waals surface area contributed by atoms with Crippen LogP contribution in [0, 0.1) is 11.7 Å². The Bertz CT molecular complexity index is 599. The number of carboxylic acid groups (broad SMARTS) is 1. The van der Waals surface area contributed by atoms with E-state index < -0.39 is 27.9 Å². The van der Waals surface area contributed by atoms with Crippen molar-refractivity contribution < 1.29 is 23.6 Å². The summed E-state index contributed by atoms with van der Waals surface area (Å²) < 4.78 is 34.3. The van der Waals surface area contributed by atoms with Crippen molar-refractivity contribution in [3.8, 4) is 5.75 Å². The fraction of sp³-hybridized carbons (Fsp3) is 0.588. The second-order valence-electron chi connectivity index (χ2n) is 7.15. The Labute approximate surface area is 144 Å². The smallest absolute Gasteiger partial charge is 0.306 e. The van der Waals surface area contributed by atoms with E-state index >= 15 is 0 Å². The number of nitrogens with one attached hydrogen (secondary N) is 1. The largest absolute Gasteiger partial charge is 0.598 e. The van der Waals surface area contributed by atoms with Gasteiger partial charge in [-0.25, -0.2) is 4.39 Å². The van der Waals surface area contributed by atoms with Gasteiger partial charge >= 0.3 is 5.97 Å². The third-order valence-electron chi connectivity index (χ3n) is 4.02. The summed E-state index contributed by atoms with van der Waals surface area (Å²) in [6, 6.07) is 3.84. The predicted molar refractivity (Wildman–Crippen MR) is 90.6 cm³/mol. The number of ether oxygens (including phenoxy) is 1. The summed E-state index contributed by atoms with van der Waals surface area (Å²) in [7, 11) is 0. The van der Waals surface area contributed by atoms with Crippen LogP contribution in [0.3, 0.4) is 0 Å². The second kappa shape index (κ2) is 7.29. The highest BCUT2D eigenvalue weighted by molar-refractivity contribution is 7.90. The van der Waals surface area contributed by atoms with E-state index in [1.165, 1.54) is 18.2 Å². The van der Waals surface area contributed by atoms with Crippen LogP contribution < -0.4 is 9.46 Å². The van der Waals surface area contributed by atoms with Gasteiger partial charge in [-0.05, 0) is 58.7 Å². The molecule has 1 aliphatic rings. The molecule has 2 atom stereocenters. The Morgan fingerprint density at radius 2 is 2.08 bits per heavy atom. The van der Waals surface area contributed by atoms with Crippen molar-refractivity contribution in [3.63, 3.8) is 0 Å². The molecule has 0 spiro atoms. The van der Waals surface area contributed by atoms with Gasteiger partial charge < -0.3 is 14.4 Å². The molecule has 0 aliphatic heterocycles. The maximum atomic E-state index is 13.6. The molecular formula is C17H24FNO4S. The monoisotopic (exact) mass is 357 g/mol. The van der Waals surface area contributed by atoms with E-state index in [9.17, 15) is 13.7 Å². The van der Waals surface area contributed by atoms with Crippen LogP contribution in [0.4, 0.5) is 4.39 Å². The molecule has 0 radical (unpaired) electrons. The zero-order valence-corrected chi connectivity index (χ0v) is 15.2. The Hall–Kier alpha value is -1.31. The Morgan fingerprint density at radius 3 is 2.62 bits per heavy atom. The maximum absolute atomic E-state index is 13.6. The highest BCUT2D eigenvalue weighted by atomic mass is 32.2. The van der Waals surface area contributed by atoms with Crippen molar-refractivity contribution in [3.05, 3.63) is 29.6 Å². The Kier molecular flexibility index (Phi) is 5.78. The molecule has 1 fully saturated rings. The zero-order valence-electron chi connectivity index (χ0n) is 14.3. The first-order valence-electron chi connectivity index (χ1n) is 7.95. The normalized spacial score (nSPS) is 23.2. The molecule has 1 aromatic carbocycles. The van der Waals surface area contributed by atoms with E-state index in [4.69, 9.17) is 9.84 Å². The fourth-order valence-electron chi connectivity index (χ4n) is 2.41. The van der Waals surface area contributed by atoms with Crippen LogP contribution in [-0.4, -0.2) is 26.5 Å². The van der Waals surface area contributed by atoms with Crippen LogP contribution >= 0.6 is 0 Å². The number of benzene rings is 1. The van der Waals surface area contributed by atoms with Crippen molar-refractivity contribution in [2.24, 2.45) is 5.92 Å². The molecule has 0 heterocycles. The van der Waals surface area contributed by atoms with Crippen molar-refractivity contribution >= 4 is 17.3 Å². The van der Waals surface area contributed by atoms with Gasteiger partial charge in [0, 0.05) is 16.9 Å². The number of hydrogen-bond acceptors (Lipinski definition) is 4. The lowest BCUT2D eigenvalue weighted by atomic mass is 9.82. The average molecular weight is 357 g/mol. The van der Waals surface area contributed by atoms with Gasteiger partial charge in [-0.15, -0.1) is 4.72 Å². The van der Waals surface area contributed by atoms with Gasteiger partial charge in [0.2, 0.25) is 0 Å². The van der Waals surface area contributed by atoms with Gasteiger partial charge in [-0.2, -0.15) is 0 Å². The third-order valence-corrected chi connectivity index (χ3v) is 5.70. The summed E-state index contributed by atoms with van der Waals surface area (Å²) in [6.45, 7) is 7.36. The van der Waals surface area contributed by atoms with Gasteiger partial charge in [-0.1, -0.05) is 0 Å². The zero-order chi connectivity index (χ0) is 18.1. The van der Waals surface area contributed by atoms with E-state index in [0.29, 0.717) is 24.2 Å². The molecule has 0 bridgehead atoms. The number of hydrogen-bond donors (Lipinski definition) is 2. The Balaban J connectivity index is 2.09. The van der Waals surface area contributed by atoms with Crippen LogP contribution in [0.2, 0.25) is 0 Å². The quantitative estimate of drug-likeness (QED) is 0.764. The first-order valence-corrected chi connectivity index (χ1v) is 9.10. The summed E-state index contributed by atoms with van der Waals surface area (Å²) >= 11 is -1.30. The molecule has 5 nitrogen and oxygen atoms in total. The molecule has 1 aromatic rings. The van der Waals surface area contributed by atoms with Gasteiger partial charge in [0.05, 0.1) is 12.0 Å². The Morgan fingerprint density at radius 1 is 1.46 bits per heavy atom. The van der Waals surface area contributed by atoms with Crippen LogP contribution in [-0.2, 0) is 16.2 Å². The molecule has 1 aliphatic carbocycles. The molecule has 0 saturated heterocycles. The molecule has 0 amide bonds. The topological polar surface area (TPSA) is 81.6 Å². The minimum absolute atomic E-state index is 0.185. The predicted octanol–water partition coefficient (Wildman–Crippen LogP) is 3.18. The molecule has 24 heavy (non-hydrogen) atoms. The SMILES string of the molecule is C[C@@H](N[S+]([O-])C(C)(C)C)c1cc(F)ccc1OC1CC(C(=O)O)C1. The first kappa shape index (κ1) is 19.0. The van der Waals surface area contributed by atoms with E-state index in [1.54, 1.807) is 6.92 Å². The minimum atomic E-state index is -1.30. The highest BCUT2D eigenvalue weighted by Gasteiger charge is 2.37. The number of rotatable bonds is 6. The molecule has 1 saturated carbocycles. The third kappa shape index (κ3) is 4.62. The molecule has 7 heteroatoms. The van der Waals surface area contributed by atoms with E-state index in [0.717, 1.165) is 0 Å². The number of aliphatic carboxylic acids is 1. The van der Waals surface area contributed by atoms with Crippen LogP contribution in [0.5, 0.6) is 5.75 Å². The van der Waals surface area contributed by atoms with Crippen molar-refractivity contribution in [2.75, 3.05) is 0 Å². The lowest BCUT2D eigenvalue weighted by Crippen LogP contribution is -2.41. The lowest BCUT2D eigenvalue weighted by molar-refractivity contribution is -0.147. The molecule has 134 valence electrons. The average Bonchev–Trinajstić information content (AvgIpc) is 2.41. The fourth-order valence-corrected chi connectivity index (χ4v) is 3.21. The first-order chi connectivity index (χ1) is 11.1. The van der Waals surface area contributed by atoms with Crippen molar-refractivity contribution in [1.82, 2.24) is 4.72 Å². The summed E-state index contributed by atoms with van der Waals surface area (Å²) in [5.41, 5.74) is 0.575. The summed E-state index contributed by atoms with van der Waals surface area (Å²) in [5.74, 6) is -1.09. The molecule has 2 N–H and O–H groups in total. The highest BCUT2D eigenvalue weighted by Crippen LogP contribution is 2.35. The second-order valence-corrected chi connectivity index (χ2v) is 9.15. The van der Waals surface area contributed by atoms with Crippen molar-refractivity contribution in [2.45, 2.75) is 57.4 Å². The van der Waals surface area contributed by atoms with Crippen LogP contribution in [0.15, 0.2) is 18.2 Å². The van der Waals surface area contributed by atoms with Gasteiger partial charge in [0.25, 0.3) is 0 Å². The van der Waals surface area contributed by atoms with Crippen molar-refractivity contribution in [1.29, 1.82) is 0 Å². The summed E-state index contributed by atoms with van der Waals surface area (Å²) in [6.07, 6.45) is 0.708. The molecule has 0 aromatic heterocycles. The standard InChI is InChI=1S/C17H24FNO4S/c1-10(19-24(22)17(2,3)4)14-9-12(18)5-6-15(14)23-13-7-11(8-13)16(20)21/h5-6,9-11,13,19H,7-8H2,1-4H3,(H,20,21)/t10-,11?,13?,24?/m1/s1. The number of carboxylic acids is 1. The van der Waals surface area contributed by atoms with Crippen LogP contribution in [0.25, 0.3) is 0 Å². The van der Waals surface area contributed by atoms with Gasteiger partial charge in [-0.3, -0.25) is 4.79 Å². The van der Waals surface area contributed by atoms with Gasteiger partial charge in [0.15, 0.2) is 0 Å². The van der Waals surface area contributed by atoms with Gasteiger partial charge in [0.1, 0.15) is 22.4 Å². The molecule has 1 unspecified atom stereocenters. The molecule has 2 rings (SSSR count). The maximum Gasteiger partial charge on any atom is 0.306 e. The summed E-state index contributed by atoms with van der Waals surface area (Å²) in [4.78, 5) is 10.9. The van der Waals surface area contributed by atoms with E-state index in [2.05, 4.69) is 4.72 Å². The lowest BCUT2D eigenvalue weighted by Gasteiger charge is -2.34. The van der Waals surface area contributed by atoms with E-state index in [1.807, 2.05) is 20.8 Å². The minimum Gasteiger partial charge on any atom is -0.598 e. The van der Waals surface area contributed by atoms with E-state index in [-0.39, 0.29) is 18.1 Å². The van der Waals surface area contributed by atoms with Crippen LogP contribution in [0.1, 0.15) is 52.1 Å².